The Bertz CT molecular complexity index is 951. The summed E-state index contributed by atoms with van der Waals surface area (Å²) in [5, 5.41) is 2.89. The quantitative estimate of drug-likeness (QED) is 0.695. The summed E-state index contributed by atoms with van der Waals surface area (Å²) in [6.45, 7) is 1.21. The third kappa shape index (κ3) is 4.92. The maximum Gasteiger partial charge on any atom is 0.243 e. The monoisotopic (exact) mass is 430 g/mol. The highest BCUT2D eigenvalue weighted by Crippen LogP contribution is 2.35. The number of likely N-dealkylation sites (N-methyl/N-ethyl adjacent to an activating group) is 1. The van der Waals surface area contributed by atoms with E-state index in [9.17, 15) is 17.6 Å². The van der Waals surface area contributed by atoms with Gasteiger partial charge in [-0.05, 0) is 24.3 Å². The smallest absolute Gasteiger partial charge is 0.243 e. The van der Waals surface area contributed by atoms with Crippen LogP contribution in [0.5, 0.6) is 11.5 Å². The molecule has 28 heavy (non-hydrogen) atoms. The van der Waals surface area contributed by atoms with Crippen LogP contribution in [0.3, 0.4) is 0 Å². The zero-order valence-electron chi connectivity index (χ0n) is 15.5. The lowest BCUT2D eigenvalue weighted by Crippen LogP contribution is -2.37. The van der Waals surface area contributed by atoms with Crippen molar-refractivity contribution < 1.29 is 27.1 Å². The molecule has 0 fully saturated rings. The lowest BCUT2D eigenvalue weighted by atomic mass is 10.2. The molecule has 0 heterocycles. The van der Waals surface area contributed by atoms with Gasteiger partial charge in [0, 0.05) is 18.7 Å². The topological polar surface area (TPSA) is 84.9 Å². The van der Waals surface area contributed by atoms with Gasteiger partial charge in [-0.2, -0.15) is 4.31 Å². The molecular formula is C18H20ClFN2O5S. The van der Waals surface area contributed by atoms with E-state index in [0.717, 1.165) is 28.6 Å². The second-order valence-corrected chi connectivity index (χ2v) is 7.97. The zero-order valence-corrected chi connectivity index (χ0v) is 17.1. The number of nitrogens with zero attached hydrogens (tertiary/aromatic N) is 1. The number of nitrogens with one attached hydrogen (secondary N) is 1. The first-order chi connectivity index (χ1) is 13.2. The maximum absolute atomic E-state index is 13.1. The lowest BCUT2D eigenvalue weighted by molar-refractivity contribution is -0.116. The molecule has 0 aliphatic rings. The van der Waals surface area contributed by atoms with Crippen molar-refractivity contribution in [3.05, 3.63) is 47.2 Å². The second kappa shape index (κ2) is 9.22. The molecule has 2 aromatic rings. The van der Waals surface area contributed by atoms with Gasteiger partial charge in [-0.3, -0.25) is 4.79 Å². The predicted molar refractivity (Wildman–Crippen MR) is 104 cm³/mol. The Morgan fingerprint density at radius 3 is 2.29 bits per heavy atom. The second-order valence-electron chi connectivity index (χ2n) is 5.62. The highest BCUT2D eigenvalue weighted by molar-refractivity contribution is 7.89. The van der Waals surface area contributed by atoms with Gasteiger partial charge in [0.2, 0.25) is 15.9 Å². The Balaban J connectivity index is 2.22. The van der Waals surface area contributed by atoms with Crippen LogP contribution < -0.4 is 14.8 Å². The van der Waals surface area contributed by atoms with E-state index in [1.54, 1.807) is 6.92 Å². The Morgan fingerprint density at radius 1 is 1.14 bits per heavy atom. The summed E-state index contributed by atoms with van der Waals surface area (Å²) in [4.78, 5) is 12.4. The Kier molecular flexibility index (Phi) is 7.22. The molecule has 7 nitrogen and oxygen atoms in total. The lowest BCUT2D eigenvalue weighted by Gasteiger charge is -2.20. The molecule has 0 spiro atoms. The van der Waals surface area contributed by atoms with Crippen LogP contribution in [0.1, 0.15) is 6.92 Å². The van der Waals surface area contributed by atoms with Crippen LogP contribution in [0, 0.1) is 5.82 Å². The molecular weight excluding hydrogens is 411 g/mol. The van der Waals surface area contributed by atoms with E-state index in [1.807, 2.05) is 0 Å². The minimum Gasteiger partial charge on any atom is -0.495 e. The van der Waals surface area contributed by atoms with E-state index in [1.165, 1.54) is 26.4 Å². The first kappa shape index (κ1) is 21.9. The van der Waals surface area contributed by atoms with Crippen molar-refractivity contribution in [1.82, 2.24) is 4.31 Å². The van der Waals surface area contributed by atoms with E-state index < -0.39 is 28.3 Å². The van der Waals surface area contributed by atoms with Crippen molar-refractivity contribution in [3.8, 4) is 11.5 Å². The first-order valence-corrected chi connectivity index (χ1v) is 10.0. The van der Waals surface area contributed by atoms with E-state index >= 15 is 0 Å². The van der Waals surface area contributed by atoms with Crippen LogP contribution in [0.25, 0.3) is 0 Å². The van der Waals surface area contributed by atoms with Crippen LogP contribution >= 0.6 is 11.6 Å². The fourth-order valence-electron chi connectivity index (χ4n) is 2.43. The summed E-state index contributed by atoms with van der Waals surface area (Å²) >= 11 is 6.03. The van der Waals surface area contributed by atoms with E-state index in [4.69, 9.17) is 21.1 Å². The zero-order chi connectivity index (χ0) is 20.9. The van der Waals surface area contributed by atoms with Gasteiger partial charge in [0.1, 0.15) is 17.3 Å². The van der Waals surface area contributed by atoms with Crippen molar-refractivity contribution in [2.24, 2.45) is 0 Å². The Labute approximate surface area is 168 Å². The molecule has 10 heteroatoms. The Morgan fingerprint density at radius 2 is 1.75 bits per heavy atom. The highest BCUT2D eigenvalue weighted by Gasteiger charge is 2.26. The summed E-state index contributed by atoms with van der Waals surface area (Å²) in [6, 6.07) is 7.35. The molecule has 1 amide bonds. The first-order valence-electron chi connectivity index (χ1n) is 8.20. The van der Waals surface area contributed by atoms with Crippen molar-refractivity contribution in [1.29, 1.82) is 0 Å². The molecule has 2 aromatic carbocycles. The molecule has 152 valence electrons. The summed E-state index contributed by atoms with van der Waals surface area (Å²) in [6.07, 6.45) is 0. The van der Waals surface area contributed by atoms with Crippen LogP contribution in [-0.2, 0) is 14.8 Å². The summed E-state index contributed by atoms with van der Waals surface area (Å²) in [5.74, 6) is -0.522. The van der Waals surface area contributed by atoms with Crippen molar-refractivity contribution in [2.45, 2.75) is 11.8 Å². The summed E-state index contributed by atoms with van der Waals surface area (Å²) in [5.41, 5.74) is 0.281. The van der Waals surface area contributed by atoms with Gasteiger partial charge in [-0.25, -0.2) is 12.8 Å². The summed E-state index contributed by atoms with van der Waals surface area (Å²) in [7, 11) is -1.13. The average molecular weight is 431 g/mol. The van der Waals surface area contributed by atoms with E-state index in [0.29, 0.717) is 16.5 Å². The number of anilines is 1. The fraction of sp³-hybridized carbons (Fsp3) is 0.278. The highest BCUT2D eigenvalue weighted by atomic mass is 35.5. The van der Waals surface area contributed by atoms with Gasteiger partial charge in [-0.1, -0.05) is 18.5 Å². The van der Waals surface area contributed by atoms with Gasteiger partial charge in [-0.15, -0.1) is 0 Å². The Hall–Kier alpha value is -2.36. The van der Waals surface area contributed by atoms with Gasteiger partial charge in [0.15, 0.2) is 0 Å². The van der Waals surface area contributed by atoms with Gasteiger partial charge in [0.05, 0.1) is 36.4 Å². The molecule has 0 saturated carbocycles. The molecule has 0 atom stereocenters. The number of carbonyl (C=O) groups excluding carboxylic acids is 1. The number of sulfonamides is 1. The van der Waals surface area contributed by atoms with Crippen LogP contribution in [-0.4, -0.2) is 45.9 Å². The largest absolute Gasteiger partial charge is 0.495 e. The predicted octanol–water partition coefficient (Wildman–Crippen LogP) is 3.15. The van der Waals surface area contributed by atoms with Gasteiger partial charge >= 0.3 is 0 Å². The molecule has 0 aliphatic carbocycles. The number of benzene rings is 2. The molecule has 0 saturated heterocycles. The fourth-order valence-corrected chi connectivity index (χ4v) is 4.07. The minimum absolute atomic E-state index is 0.0498. The number of ether oxygens (including phenoxy) is 2. The number of rotatable bonds is 8. The molecule has 0 aliphatic heterocycles. The van der Waals surface area contributed by atoms with Crippen molar-refractivity contribution >= 4 is 33.2 Å². The normalized spacial score (nSPS) is 11.4. The molecule has 0 bridgehead atoms. The number of methoxy groups -OCH3 is 2. The number of hydrogen-bond donors (Lipinski definition) is 1. The maximum atomic E-state index is 13.1. The number of hydrogen-bond acceptors (Lipinski definition) is 5. The van der Waals surface area contributed by atoms with E-state index in [2.05, 4.69) is 5.32 Å². The number of amides is 1. The standard InChI is InChI=1S/C18H20ClFN2O5S/c1-4-22(28(24,25)13-7-5-12(20)6-8-13)11-18(23)21-15-10-16(26-2)14(19)9-17(15)27-3/h5-10H,4,11H2,1-3H3,(H,21,23). The van der Waals surface area contributed by atoms with E-state index in [-0.39, 0.29) is 17.1 Å². The molecule has 0 unspecified atom stereocenters. The van der Waals surface area contributed by atoms with Crippen LogP contribution in [0.2, 0.25) is 5.02 Å². The summed E-state index contributed by atoms with van der Waals surface area (Å²) < 4.78 is 49.7. The third-order valence-corrected chi connectivity index (χ3v) is 6.10. The molecule has 0 aromatic heterocycles. The average Bonchev–Trinajstić information content (AvgIpc) is 2.67. The number of carbonyl (C=O) groups is 1. The van der Waals surface area contributed by atoms with Crippen LogP contribution in [0.4, 0.5) is 10.1 Å². The van der Waals surface area contributed by atoms with Crippen LogP contribution in [0.15, 0.2) is 41.3 Å². The molecule has 1 N–H and O–H groups in total. The van der Waals surface area contributed by atoms with Gasteiger partial charge < -0.3 is 14.8 Å². The minimum atomic E-state index is -3.96. The SMILES string of the molecule is CCN(CC(=O)Nc1cc(OC)c(Cl)cc1OC)S(=O)(=O)c1ccc(F)cc1. The molecule has 0 radical (unpaired) electrons. The van der Waals surface area contributed by atoms with Crippen molar-refractivity contribution in [3.63, 3.8) is 0 Å². The third-order valence-electron chi connectivity index (χ3n) is 3.87. The van der Waals surface area contributed by atoms with Gasteiger partial charge in [0.25, 0.3) is 0 Å². The van der Waals surface area contributed by atoms with Crippen molar-refractivity contribution in [2.75, 3.05) is 32.6 Å². The number of halogens is 2. The molecule has 2 rings (SSSR count).